The number of aromatic nitrogens is 3. The molecule has 0 aromatic carbocycles. The van der Waals surface area contributed by atoms with E-state index in [0.29, 0.717) is 17.9 Å². The molecule has 1 rings (SSSR count). The second kappa shape index (κ2) is 12.0. The molecule has 0 aliphatic rings. The normalized spacial score (nSPS) is 12.2. The molecule has 8 heteroatoms. The van der Waals surface area contributed by atoms with Crippen molar-refractivity contribution in [1.29, 1.82) is 0 Å². The summed E-state index contributed by atoms with van der Waals surface area (Å²) < 4.78 is 5.93. The lowest BCUT2D eigenvalue weighted by Gasteiger charge is -2.18. The number of ether oxygens (including phenoxy) is 1. The van der Waals surface area contributed by atoms with E-state index in [2.05, 4.69) is 34.5 Å². The Hall–Kier alpha value is -0.525. The fourth-order valence-electron chi connectivity index (χ4n) is 2.09. The molecule has 1 aromatic rings. The lowest BCUT2D eigenvalue weighted by atomic mass is 9.81. The van der Waals surface area contributed by atoms with E-state index in [-0.39, 0.29) is 17.4 Å². The largest absolute Gasteiger partial charge is 0.460 e. The van der Waals surface area contributed by atoms with Crippen LogP contribution in [0, 0.1) is 0 Å². The summed E-state index contributed by atoms with van der Waals surface area (Å²) in [5, 5.41) is 0.140. The van der Waals surface area contributed by atoms with Crippen LogP contribution >= 0.6 is 24.2 Å². The monoisotopic (exact) mass is 342 g/mol. The van der Waals surface area contributed by atoms with Gasteiger partial charge in [0.05, 0.1) is 5.72 Å². The molecule has 0 aliphatic heterocycles. The second-order valence-corrected chi connectivity index (χ2v) is 5.82. The quantitative estimate of drug-likeness (QED) is 0.360. The van der Waals surface area contributed by atoms with Crippen molar-refractivity contribution in [2.75, 3.05) is 12.2 Å². The van der Waals surface area contributed by atoms with Gasteiger partial charge in [-0.2, -0.15) is 22.6 Å². The summed E-state index contributed by atoms with van der Waals surface area (Å²) >= 11 is 10.0. The predicted molar refractivity (Wildman–Crippen MR) is 94.5 cm³/mol. The Morgan fingerprint density at radius 2 is 1.95 bits per heavy atom. The van der Waals surface area contributed by atoms with E-state index in [1.807, 2.05) is 0 Å². The molecule has 1 aromatic heterocycles. The van der Waals surface area contributed by atoms with Gasteiger partial charge in [0.1, 0.15) is 6.10 Å². The third-order valence-corrected chi connectivity index (χ3v) is 3.58. The Balaban J connectivity index is 2.62. The minimum absolute atomic E-state index is 0.0907. The number of halogens is 1. The molecule has 0 bridgehead atoms. The van der Waals surface area contributed by atoms with Gasteiger partial charge < -0.3 is 4.74 Å². The molecule has 0 aliphatic carbocycles. The highest BCUT2D eigenvalue weighted by atomic mass is 35.5. The van der Waals surface area contributed by atoms with E-state index in [9.17, 15) is 0 Å². The first-order valence-electron chi connectivity index (χ1n) is 7.86. The Morgan fingerprint density at radius 3 is 2.64 bits per heavy atom. The first-order chi connectivity index (χ1) is 10.7. The average Bonchev–Trinajstić information content (AvgIpc) is 2.48. The van der Waals surface area contributed by atoms with E-state index in [1.165, 1.54) is 0 Å². The minimum atomic E-state index is 0.0907. The molecular formula is C14H24BClN4OS. The zero-order valence-corrected chi connectivity index (χ0v) is 14.7. The zero-order valence-electron chi connectivity index (χ0n) is 13.1. The highest BCUT2D eigenvalue weighted by Gasteiger charge is 2.14. The SMILES string of the molecule is CCCCC(CCCCC[NH])Oc1nc(Cl)nc([B]CS)n1. The Morgan fingerprint density at radius 1 is 1.18 bits per heavy atom. The van der Waals surface area contributed by atoms with Crippen LogP contribution in [0.25, 0.3) is 0 Å². The molecule has 0 saturated carbocycles. The van der Waals surface area contributed by atoms with Gasteiger partial charge in [0.15, 0.2) is 0 Å². The predicted octanol–water partition coefficient (Wildman–Crippen LogP) is 2.52. The molecule has 0 amide bonds. The molecule has 0 saturated heterocycles. The summed E-state index contributed by atoms with van der Waals surface area (Å²) in [5.41, 5.74) is 8.21. The molecule has 122 valence electrons. The van der Waals surface area contributed by atoms with Crippen LogP contribution in [0.4, 0.5) is 0 Å². The molecule has 5 nitrogen and oxygen atoms in total. The van der Waals surface area contributed by atoms with Crippen LogP contribution < -0.4 is 16.2 Å². The zero-order chi connectivity index (χ0) is 16.2. The van der Waals surface area contributed by atoms with Gasteiger partial charge in [-0.05, 0) is 42.9 Å². The third kappa shape index (κ3) is 8.20. The van der Waals surface area contributed by atoms with Gasteiger partial charge in [0.2, 0.25) is 12.6 Å². The topological polar surface area (TPSA) is 71.7 Å². The van der Waals surface area contributed by atoms with Crippen molar-refractivity contribution in [3.8, 4) is 6.01 Å². The maximum absolute atomic E-state index is 7.18. The summed E-state index contributed by atoms with van der Waals surface area (Å²) in [6.45, 7) is 2.66. The van der Waals surface area contributed by atoms with Gasteiger partial charge in [0, 0.05) is 6.54 Å². The molecular weight excluding hydrogens is 319 g/mol. The summed E-state index contributed by atoms with van der Waals surface area (Å²) in [6, 6.07) is 0.287. The molecule has 0 fully saturated rings. The highest BCUT2D eigenvalue weighted by Crippen LogP contribution is 2.16. The van der Waals surface area contributed by atoms with Crippen LogP contribution in [0.3, 0.4) is 0 Å². The average molecular weight is 343 g/mol. The Kier molecular flexibility index (Phi) is 10.6. The minimum Gasteiger partial charge on any atom is -0.460 e. The molecule has 1 heterocycles. The molecule has 1 N–H and O–H groups in total. The molecule has 1 unspecified atom stereocenters. The summed E-state index contributed by atoms with van der Waals surface area (Å²) in [6.07, 6.45) is 7.32. The second-order valence-electron chi connectivity index (χ2n) is 5.11. The summed E-state index contributed by atoms with van der Waals surface area (Å²) in [7, 11) is 1.76. The van der Waals surface area contributed by atoms with E-state index in [4.69, 9.17) is 22.1 Å². The number of hydrogen-bond donors (Lipinski definition) is 1. The molecule has 2 radical (unpaired) electrons. The maximum Gasteiger partial charge on any atom is 0.320 e. The molecule has 22 heavy (non-hydrogen) atoms. The number of nitrogens with zero attached hydrogens (tertiary/aromatic N) is 3. The lowest BCUT2D eigenvalue weighted by molar-refractivity contribution is 0.159. The van der Waals surface area contributed by atoms with Crippen molar-refractivity contribution in [2.45, 2.75) is 58.0 Å². The number of unbranched alkanes of at least 4 members (excludes halogenated alkanes) is 3. The fraction of sp³-hybridized carbons (Fsp3) is 0.786. The first kappa shape index (κ1) is 19.5. The molecule has 1 atom stereocenters. The third-order valence-electron chi connectivity index (χ3n) is 3.23. The van der Waals surface area contributed by atoms with Crippen LogP contribution in [-0.2, 0) is 0 Å². The van der Waals surface area contributed by atoms with Crippen LogP contribution in [0.1, 0.15) is 51.9 Å². The van der Waals surface area contributed by atoms with Gasteiger partial charge in [-0.1, -0.05) is 26.2 Å². The van der Waals surface area contributed by atoms with E-state index < -0.39 is 0 Å². The summed E-state index contributed by atoms with van der Waals surface area (Å²) in [4.78, 5) is 12.3. The van der Waals surface area contributed by atoms with Crippen molar-refractivity contribution in [3.63, 3.8) is 0 Å². The standard InChI is InChI=1S/C14H24BClN4OS/c1-2-3-7-11(8-5-4-6-9-17)21-14-19-12(15-10-22)18-13(16)20-14/h11,17,22H,2-10H2,1H3. The summed E-state index contributed by atoms with van der Waals surface area (Å²) in [5.74, 6) is 0. The Labute approximate surface area is 144 Å². The van der Waals surface area contributed by atoms with Crippen molar-refractivity contribution >= 4 is 37.2 Å². The van der Waals surface area contributed by atoms with E-state index in [1.54, 1.807) is 7.28 Å². The van der Waals surface area contributed by atoms with Crippen molar-refractivity contribution in [3.05, 3.63) is 5.28 Å². The number of thiol groups is 1. The number of rotatable bonds is 12. The highest BCUT2D eigenvalue weighted by molar-refractivity contribution is 7.81. The van der Waals surface area contributed by atoms with Gasteiger partial charge in [-0.25, -0.2) is 4.98 Å². The lowest BCUT2D eigenvalue weighted by Crippen LogP contribution is -2.27. The molecule has 0 spiro atoms. The van der Waals surface area contributed by atoms with Crippen LogP contribution in [-0.4, -0.2) is 40.5 Å². The van der Waals surface area contributed by atoms with Gasteiger partial charge in [-0.15, -0.1) is 0 Å². The number of hydrogen-bond acceptors (Lipinski definition) is 5. The van der Waals surface area contributed by atoms with Crippen molar-refractivity contribution in [2.24, 2.45) is 0 Å². The van der Waals surface area contributed by atoms with E-state index >= 15 is 0 Å². The van der Waals surface area contributed by atoms with Gasteiger partial charge >= 0.3 is 6.01 Å². The van der Waals surface area contributed by atoms with Gasteiger partial charge in [0.25, 0.3) is 0 Å². The van der Waals surface area contributed by atoms with Crippen LogP contribution in [0.5, 0.6) is 6.01 Å². The van der Waals surface area contributed by atoms with Crippen molar-refractivity contribution in [1.82, 2.24) is 20.7 Å². The van der Waals surface area contributed by atoms with Crippen molar-refractivity contribution < 1.29 is 4.74 Å². The smallest absolute Gasteiger partial charge is 0.320 e. The Bertz CT molecular complexity index is 428. The van der Waals surface area contributed by atoms with Crippen LogP contribution in [0.15, 0.2) is 0 Å². The fourth-order valence-corrected chi connectivity index (χ4v) is 2.41. The van der Waals surface area contributed by atoms with Crippen LogP contribution in [0.2, 0.25) is 5.28 Å². The van der Waals surface area contributed by atoms with E-state index in [0.717, 1.165) is 44.9 Å². The maximum atomic E-state index is 7.18. The number of nitrogens with one attached hydrogen (secondary N) is 1. The first-order valence-corrected chi connectivity index (χ1v) is 8.87. The van der Waals surface area contributed by atoms with Gasteiger partial charge in [-0.3, -0.25) is 5.73 Å².